The zero-order valence-electron chi connectivity index (χ0n) is 21.8. The highest BCUT2D eigenvalue weighted by atomic mass is 35.5. The van der Waals surface area contributed by atoms with Crippen LogP contribution in [0.15, 0.2) is 76.5 Å². The SMILES string of the molecule is CC(C)(C)C(=O)N1CCc2c(n(S(=O)(=O)c3ccccc3)c3ccc(C(=O)c4ccc(Cl)c(SN)c4)cc23)C1. The standard InChI is InChI=1S/C29H28ClN3O4S2/c1-29(2,3)28(35)32-14-13-21-22-15-18(27(34)19-9-11-23(30)26(16-19)38-31)10-12-24(22)33(25(21)17-32)39(36,37)20-7-5-4-6-8-20/h4-12,15-16H,13-14,17,31H2,1-3H3. The fourth-order valence-electron chi connectivity index (χ4n) is 4.99. The molecule has 1 aliphatic rings. The van der Waals surface area contributed by atoms with E-state index in [1.807, 2.05) is 20.8 Å². The van der Waals surface area contributed by atoms with E-state index in [1.165, 1.54) is 3.97 Å². The van der Waals surface area contributed by atoms with Gasteiger partial charge in [-0.25, -0.2) is 12.4 Å². The molecule has 5 rings (SSSR count). The van der Waals surface area contributed by atoms with Crippen LogP contribution in [-0.2, 0) is 27.8 Å². The van der Waals surface area contributed by atoms with Crippen LogP contribution in [0.5, 0.6) is 0 Å². The Balaban J connectivity index is 1.69. The number of amides is 1. The summed E-state index contributed by atoms with van der Waals surface area (Å²) in [5.41, 5.74) is 2.08. The number of nitrogens with zero attached hydrogens (tertiary/aromatic N) is 2. The first kappa shape index (κ1) is 27.5. The molecule has 202 valence electrons. The van der Waals surface area contributed by atoms with Crippen molar-refractivity contribution in [3.8, 4) is 0 Å². The first-order chi connectivity index (χ1) is 18.4. The number of aromatic nitrogens is 1. The van der Waals surface area contributed by atoms with Gasteiger partial charge in [-0.2, -0.15) is 0 Å². The smallest absolute Gasteiger partial charge is 0.268 e. The highest BCUT2D eigenvalue weighted by Crippen LogP contribution is 2.36. The fraction of sp³-hybridized carbons (Fsp3) is 0.241. The van der Waals surface area contributed by atoms with Gasteiger partial charge in [-0.05, 0) is 72.5 Å². The summed E-state index contributed by atoms with van der Waals surface area (Å²) in [4.78, 5) is 29.0. The van der Waals surface area contributed by atoms with Crippen LogP contribution >= 0.6 is 23.5 Å². The van der Waals surface area contributed by atoms with E-state index < -0.39 is 15.4 Å². The predicted molar refractivity (Wildman–Crippen MR) is 154 cm³/mol. The van der Waals surface area contributed by atoms with Crippen molar-refractivity contribution in [3.05, 3.63) is 94.1 Å². The van der Waals surface area contributed by atoms with Gasteiger partial charge < -0.3 is 4.90 Å². The van der Waals surface area contributed by atoms with Crippen LogP contribution in [0.2, 0.25) is 5.02 Å². The second-order valence-corrected chi connectivity index (χ2v) is 13.4. The Bertz CT molecular complexity index is 1730. The first-order valence-corrected chi connectivity index (χ1v) is 15.1. The summed E-state index contributed by atoms with van der Waals surface area (Å²) >= 11 is 7.13. The molecule has 0 saturated heterocycles. The number of hydrogen-bond acceptors (Lipinski definition) is 6. The van der Waals surface area contributed by atoms with Crippen molar-refractivity contribution in [3.63, 3.8) is 0 Å². The van der Waals surface area contributed by atoms with Crippen molar-refractivity contribution in [2.75, 3.05) is 6.54 Å². The maximum atomic E-state index is 14.0. The molecule has 0 radical (unpaired) electrons. The number of ketones is 1. The van der Waals surface area contributed by atoms with Crippen molar-refractivity contribution in [2.24, 2.45) is 10.6 Å². The molecule has 3 aromatic carbocycles. The Hall–Kier alpha value is -3.11. The number of carbonyl (C=O) groups excluding carboxylic acids is 2. The molecule has 1 aromatic heterocycles. The molecule has 2 N–H and O–H groups in total. The van der Waals surface area contributed by atoms with Crippen LogP contribution in [0.4, 0.5) is 0 Å². The van der Waals surface area contributed by atoms with Crippen molar-refractivity contribution >= 4 is 56.2 Å². The molecule has 0 saturated carbocycles. The summed E-state index contributed by atoms with van der Waals surface area (Å²) in [5, 5.41) is 6.83. The minimum absolute atomic E-state index is 0.0470. The minimum Gasteiger partial charge on any atom is -0.336 e. The van der Waals surface area contributed by atoms with E-state index in [1.54, 1.807) is 71.6 Å². The van der Waals surface area contributed by atoms with Gasteiger partial charge in [0.15, 0.2) is 5.78 Å². The Labute approximate surface area is 237 Å². The molecular weight excluding hydrogens is 554 g/mol. The quantitative estimate of drug-likeness (QED) is 0.241. The van der Waals surface area contributed by atoms with Crippen molar-refractivity contribution in [1.29, 1.82) is 0 Å². The number of halogens is 1. The summed E-state index contributed by atoms with van der Waals surface area (Å²) in [7, 11) is -3.98. The van der Waals surface area contributed by atoms with E-state index in [0.717, 1.165) is 17.5 Å². The monoisotopic (exact) mass is 581 g/mol. The molecule has 1 amide bonds. The van der Waals surface area contributed by atoms with Crippen LogP contribution in [0.1, 0.15) is 48.0 Å². The van der Waals surface area contributed by atoms with Gasteiger partial charge in [0.25, 0.3) is 10.0 Å². The summed E-state index contributed by atoms with van der Waals surface area (Å²) in [5.74, 6) is -0.272. The van der Waals surface area contributed by atoms with E-state index in [0.29, 0.717) is 50.6 Å². The predicted octanol–water partition coefficient (Wildman–Crippen LogP) is 5.66. The zero-order chi connectivity index (χ0) is 28.1. The van der Waals surface area contributed by atoms with E-state index in [4.69, 9.17) is 16.7 Å². The topological polar surface area (TPSA) is 102 Å². The number of hydrogen-bond donors (Lipinski definition) is 1. The summed E-state index contributed by atoms with van der Waals surface area (Å²) in [6, 6.07) is 18.2. The Morgan fingerprint density at radius 3 is 2.31 bits per heavy atom. The molecule has 39 heavy (non-hydrogen) atoms. The second-order valence-electron chi connectivity index (χ2n) is 10.6. The largest absolute Gasteiger partial charge is 0.336 e. The molecule has 0 fully saturated rings. The molecule has 10 heteroatoms. The number of rotatable bonds is 5. The lowest BCUT2D eigenvalue weighted by molar-refractivity contribution is -0.140. The van der Waals surface area contributed by atoms with Gasteiger partial charge in [0.2, 0.25) is 5.91 Å². The van der Waals surface area contributed by atoms with E-state index in [-0.39, 0.29) is 23.1 Å². The molecule has 0 atom stereocenters. The maximum Gasteiger partial charge on any atom is 0.268 e. The Morgan fingerprint density at radius 2 is 1.64 bits per heavy atom. The van der Waals surface area contributed by atoms with Crippen LogP contribution in [0, 0.1) is 5.41 Å². The van der Waals surface area contributed by atoms with Gasteiger partial charge in [-0.15, -0.1) is 0 Å². The first-order valence-electron chi connectivity index (χ1n) is 12.4. The summed E-state index contributed by atoms with van der Waals surface area (Å²) in [6.45, 7) is 6.17. The van der Waals surface area contributed by atoms with Crippen molar-refractivity contribution in [2.45, 2.75) is 43.5 Å². The van der Waals surface area contributed by atoms with Crippen LogP contribution < -0.4 is 5.14 Å². The van der Waals surface area contributed by atoms with Gasteiger partial charge in [0.05, 0.1) is 27.7 Å². The van der Waals surface area contributed by atoms with E-state index in [9.17, 15) is 18.0 Å². The highest BCUT2D eigenvalue weighted by molar-refractivity contribution is 7.97. The average molecular weight is 582 g/mol. The lowest BCUT2D eigenvalue weighted by Gasteiger charge is -2.33. The molecule has 7 nitrogen and oxygen atoms in total. The minimum atomic E-state index is -3.98. The number of fused-ring (bicyclic) bond motifs is 3. The lowest BCUT2D eigenvalue weighted by atomic mass is 9.93. The molecule has 0 bridgehead atoms. The Kier molecular flexibility index (Phi) is 7.13. The van der Waals surface area contributed by atoms with Gasteiger partial charge in [-0.1, -0.05) is 50.6 Å². The van der Waals surface area contributed by atoms with Gasteiger partial charge in [0, 0.05) is 33.4 Å². The summed E-state index contributed by atoms with van der Waals surface area (Å²) < 4.78 is 29.3. The van der Waals surface area contributed by atoms with Crippen LogP contribution in [0.3, 0.4) is 0 Å². The van der Waals surface area contributed by atoms with Crippen LogP contribution in [-0.4, -0.2) is 35.5 Å². The third-order valence-corrected chi connectivity index (χ3v) is 9.70. The second kappa shape index (κ2) is 10.1. The highest BCUT2D eigenvalue weighted by Gasteiger charge is 2.35. The number of carbonyl (C=O) groups is 2. The number of benzene rings is 3. The molecule has 4 aromatic rings. The van der Waals surface area contributed by atoms with Gasteiger partial charge in [0.1, 0.15) is 0 Å². The van der Waals surface area contributed by atoms with Crippen molar-refractivity contribution in [1.82, 2.24) is 8.87 Å². The third-order valence-electron chi connectivity index (χ3n) is 6.90. The molecule has 0 unspecified atom stereocenters. The average Bonchev–Trinajstić information content (AvgIpc) is 3.26. The molecular formula is C29H28ClN3O4S2. The van der Waals surface area contributed by atoms with Crippen molar-refractivity contribution < 1.29 is 18.0 Å². The van der Waals surface area contributed by atoms with Gasteiger partial charge >= 0.3 is 0 Å². The van der Waals surface area contributed by atoms with Crippen LogP contribution in [0.25, 0.3) is 10.9 Å². The summed E-state index contributed by atoms with van der Waals surface area (Å²) in [6.07, 6.45) is 0.470. The Morgan fingerprint density at radius 1 is 0.974 bits per heavy atom. The molecule has 0 aliphatic carbocycles. The molecule has 1 aliphatic heterocycles. The van der Waals surface area contributed by atoms with Gasteiger partial charge in [-0.3, -0.25) is 14.7 Å². The van der Waals surface area contributed by atoms with E-state index >= 15 is 0 Å². The maximum absolute atomic E-state index is 14.0. The normalized spacial score (nSPS) is 13.9. The van der Waals surface area contributed by atoms with E-state index in [2.05, 4.69) is 0 Å². The number of nitrogens with two attached hydrogens (primary N) is 1. The lowest BCUT2D eigenvalue weighted by Crippen LogP contribution is -2.43. The zero-order valence-corrected chi connectivity index (χ0v) is 24.2. The molecule has 2 heterocycles. The molecule has 0 spiro atoms. The fourth-order valence-corrected chi connectivity index (χ4v) is 7.20. The third kappa shape index (κ3) is 4.89.